The molecule has 0 aliphatic carbocycles. The maximum Gasteiger partial charge on any atom is 0.372 e. The van der Waals surface area contributed by atoms with Crippen molar-refractivity contribution in [3.63, 3.8) is 0 Å². The molecule has 3 rings (SSSR count). The SMILES string of the molecule is Cc1c(C(=O)O)oc2ccc(S(=O)(=O)N3C[C@@H](C)C[C@H](C)C3)cc12. The molecule has 130 valence electrons. The maximum absolute atomic E-state index is 13.0. The maximum atomic E-state index is 13.0. The van der Waals surface area contributed by atoms with Gasteiger partial charge in [0.25, 0.3) is 0 Å². The fraction of sp³-hybridized carbons (Fsp3) is 0.471. The van der Waals surface area contributed by atoms with Gasteiger partial charge in [0.15, 0.2) is 0 Å². The Morgan fingerprint density at radius 1 is 1.25 bits per heavy atom. The number of carbonyl (C=O) groups is 1. The van der Waals surface area contributed by atoms with E-state index in [0.29, 0.717) is 41.5 Å². The Labute approximate surface area is 141 Å². The van der Waals surface area contributed by atoms with E-state index >= 15 is 0 Å². The summed E-state index contributed by atoms with van der Waals surface area (Å²) in [5.41, 5.74) is 0.819. The zero-order valence-corrected chi connectivity index (χ0v) is 14.8. The predicted octanol–water partition coefficient (Wildman–Crippen LogP) is 3.11. The zero-order valence-electron chi connectivity index (χ0n) is 13.9. The Kier molecular flexibility index (Phi) is 4.17. The zero-order chi connectivity index (χ0) is 17.6. The average molecular weight is 351 g/mol. The number of rotatable bonds is 3. The number of furan rings is 1. The minimum Gasteiger partial charge on any atom is -0.475 e. The lowest BCUT2D eigenvalue weighted by atomic mass is 9.94. The van der Waals surface area contributed by atoms with Gasteiger partial charge >= 0.3 is 5.97 Å². The monoisotopic (exact) mass is 351 g/mol. The fourth-order valence-corrected chi connectivity index (χ4v) is 5.22. The van der Waals surface area contributed by atoms with E-state index in [1.165, 1.54) is 22.5 Å². The Morgan fingerprint density at radius 3 is 2.46 bits per heavy atom. The molecule has 0 saturated carbocycles. The first-order valence-corrected chi connectivity index (χ1v) is 9.40. The van der Waals surface area contributed by atoms with Crippen LogP contribution in [-0.4, -0.2) is 36.9 Å². The molecule has 1 aliphatic rings. The van der Waals surface area contributed by atoms with Crippen molar-refractivity contribution in [2.24, 2.45) is 11.8 Å². The van der Waals surface area contributed by atoms with Gasteiger partial charge in [-0.15, -0.1) is 0 Å². The summed E-state index contributed by atoms with van der Waals surface area (Å²) in [6.07, 6.45) is 1.02. The van der Waals surface area contributed by atoms with E-state index in [1.807, 2.05) is 0 Å². The number of nitrogens with zero attached hydrogens (tertiary/aromatic N) is 1. The molecule has 24 heavy (non-hydrogen) atoms. The van der Waals surface area contributed by atoms with Crippen LogP contribution in [0.25, 0.3) is 11.0 Å². The summed E-state index contributed by atoms with van der Waals surface area (Å²) in [4.78, 5) is 11.4. The molecule has 7 heteroatoms. The molecule has 2 heterocycles. The molecule has 1 N–H and O–H groups in total. The number of aryl methyl sites for hydroxylation is 1. The van der Waals surface area contributed by atoms with Crippen LogP contribution in [-0.2, 0) is 10.0 Å². The standard InChI is InChI=1S/C17H21NO5S/c1-10-6-11(2)9-18(8-10)24(21,22)13-4-5-15-14(7-13)12(3)16(23-15)17(19)20/h4-5,7,10-11H,6,8-9H2,1-3H3,(H,19,20)/t10-,11-/m0/s1. The Morgan fingerprint density at radius 2 is 1.88 bits per heavy atom. The first-order chi connectivity index (χ1) is 11.2. The molecular weight excluding hydrogens is 330 g/mol. The lowest BCUT2D eigenvalue weighted by Crippen LogP contribution is -2.42. The molecule has 0 radical (unpaired) electrons. The van der Waals surface area contributed by atoms with Gasteiger partial charge in [-0.3, -0.25) is 0 Å². The Bertz CT molecular complexity index is 889. The van der Waals surface area contributed by atoms with Crippen molar-refractivity contribution in [1.82, 2.24) is 4.31 Å². The quantitative estimate of drug-likeness (QED) is 0.918. The highest BCUT2D eigenvalue weighted by Gasteiger charge is 2.32. The van der Waals surface area contributed by atoms with Crippen LogP contribution >= 0.6 is 0 Å². The number of sulfonamides is 1. The number of carboxylic acid groups (broad SMARTS) is 1. The van der Waals surface area contributed by atoms with Crippen LogP contribution in [0, 0.1) is 18.8 Å². The molecule has 1 saturated heterocycles. The second kappa shape index (κ2) is 5.89. The molecule has 0 bridgehead atoms. The van der Waals surface area contributed by atoms with Crippen molar-refractivity contribution >= 4 is 27.0 Å². The predicted molar refractivity (Wildman–Crippen MR) is 89.6 cm³/mol. The first kappa shape index (κ1) is 17.0. The van der Waals surface area contributed by atoms with E-state index in [9.17, 15) is 13.2 Å². The van der Waals surface area contributed by atoms with Crippen LogP contribution in [0.1, 0.15) is 36.4 Å². The number of hydrogen-bond donors (Lipinski definition) is 1. The number of fused-ring (bicyclic) bond motifs is 1. The molecule has 2 aromatic rings. The highest BCUT2D eigenvalue weighted by Crippen LogP contribution is 2.31. The Balaban J connectivity index is 2.05. The van der Waals surface area contributed by atoms with E-state index < -0.39 is 16.0 Å². The fourth-order valence-electron chi connectivity index (χ4n) is 3.52. The summed E-state index contributed by atoms with van der Waals surface area (Å²) in [7, 11) is -3.60. The molecule has 0 unspecified atom stereocenters. The number of piperidine rings is 1. The topological polar surface area (TPSA) is 87.8 Å². The summed E-state index contributed by atoms with van der Waals surface area (Å²) in [6.45, 7) is 6.75. The number of benzene rings is 1. The van der Waals surface area contributed by atoms with Gasteiger partial charge in [0.1, 0.15) is 5.58 Å². The largest absolute Gasteiger partial charge is 0.475 e. The van der Waals surface area contributed by atoms with Crippen LogP contribution < -0.4 is 0 Å². The third-order valence-electron chi connectivity index (χ3n) is 4.58. The minimum atomic E-state index is -3.60. The molecule has 0 spiro atoms. The van der Waals surface area contributed by atoms with Crippen molar-refractivity contribution in [1.29, 1.82) is 0 Å². The van der Waals surface area contributed by atoms with Gasteiger partial charge in [0.2, 0.25) is 15.8 Å². The molecule has 1 fully saturated rings. The highest BCUT2D eigenvalue weighted by molar-refractivity contribution is 7.89. The summed E-state index contributed by atoms with van der Waals surface area (Å²) in [6, 6.07) is 4.52. The van der Waals surface area contributed by atoms with Crippen LogP contribution in [0.5, 0.6) is 0 Å². The average Bonchev–Trinajstić information content (AvgIpc) is 2.83. The highest BCUT2D eigenvalue weighted by atomic mass is 32.2. The number of carboxylic acids is 1. The molecular formula is C17H21NO5S. The van der Waals surface area contributed by atoms with Gasteiger partial charge in [-0.25, -0.2) is 13.2 Å². The number of aromatic carboxylic acids is 1. The van der Waals surface area contributed by atoms with Crippen molar-refractivity contribution in [3.8, 4) is 0 Å². The van der Waals surface area contributed by atoms with Gasteiger partial charge in [-0.1, -0.05) is 13.8 Å². The first-order valence-electron chi connectivity index (χ1n) is 7.96. The van der Waals surface area contributed by atoms with Gasteiger partial charge in [0.05, 0.1) is 4.90 Å². The van der Waals surface area contributed by atoms with Crippen LogP contribution in [0.2, 0.25) is 0 Å². The third-order valence-corrected chi connectivity index (χ3v) is 6.40. The molecule has 0 amide bonds. The summed E-state index contributed by atoms with van der Waals surface area (Å²) < 4.78 is 32.7. The lowest BCUT2D eigenvalue weighted by Gasteiger charge is -2.34. The molecule has 2 atom stereocenters. The normalized spacial score (nSPS) is 22.8. The van der Waals surface area contributed by atoms with Crippen LogP contribution in [0.15, 0.2) is 27.5 Å². The number of hydrogen-bond acceptors (Lipinski definition) is 4. The van der Waals surface area contributed by atoms with E-state index in [-0.39, 0.29) is 10.7 Å². The van der Waals surface area contributed by atoms with E-state index in [2.05, 4.69) is 13.8 Å². The van der Waals surface area contributed by atoms with Gasteiger partial charge in [0, 0.05) is 24.0 Å². The van der Waals surface area contributed by atoms with Gasteiger partial charge in [-0.2, -0.15) is 4.31 Å². The van der Waals surface area contributed by atoms with Crippen molar-refractivity contribution < 1.29 is 22.7 Å². The van der Waals surface area contributed by atoms with Gasteiger partial charge < -0.3 is 9.52 Å². The molecule has 1 aromatic carbocycles. The van der Waals surface area contributed by atoms with Gasteiger partial charge in [-0.05, 0) is 43.4 Å². The smallest absolute Gasteiger partial charge is 0.372 e. The molecule has 6 nitrogen and oxygen atoms in total. The van der Waals surface area contributed by atoms with Crippen LogP contribution in [0.4, 0.5) is 0 Å². The minimum absolute atomic E-state index is 0.153. The van der Waals surface area contributed by atoms with Crippen molar-refractivity contribution in [3.05, 3.63) is 29.5 Å². The van der Waals surface area contributed by atoms with Crippen molar-refractivity contribution in [2.75, 3.05) is 13.1 Å². The van der Waals surface area contributed by atoms with E-state index in [4.69, 9.17) is 9.52 Å². The summed E-state index contributed by atoms with van der Waals surface area (Å²) in [5.74, 6) is -0.672. The second-order valence-corrected chi connectivity index (χ2v) is 8.73. The Hall–Kier alpha value is -1.86. The van der Waals surface area contributed by atoms with Crippen LogP contribution in [0.3, 0.4) is 0 Å². The van der Waals surface area contributed by atoms with Crippen molar-refractivity contribution in [2.45, 2.75) is 32.1 Å². The summed E-state index contributed by atoms with van der Waals surface area (Å²) >= 11 is 0. The molecule has 1 aromatic heterocycles. The van der Waals surface area contributed by atoms with E-state index in [0.717, 1.165) is 6.42 Å². The lowest BCUT2D eigenvalue weighted by molar-refractivity contribution is 0.0664. The third kappa shape index (κ3) is 2.82. The summed E-state index contributed by atoms with van der Waals surface area (Å²) in [5, 5.41) is 9.66. The second-order valence-electron chi connectivity index (χ2n) is 6.79. The molecule has 1 aliphatic heterocycles. The van der Waals surface area contributed by atoms with E-state index in [1.54, 1.807) is 6.92 Å².